The fraction of sp³-hybridized carbons (Fsp3) is 0.806. The van der Waals surface area contributed by atoms with Gasteiger partial charge in [0.15, 0.2) is 0 Å². The van der Waals surface area contributed by atoms with Crippen molar-refractivity contribution >= 4 is 6.09 Å². The number of carbonyl (C=O) groups is 1. The van der Waals surface area contributed by atoms with Crippen molar-refractivity contribution in [2.75, 3.05) is 39.4 Å². The zero-order valence-electron chi connectivity index (χ0n) is 23.7. The van der Waals surface area contributed by atoms with Gasteiger partial charge in [-0.2, -0.15) is 0 Å². The fourth-order valence-corrected chi connectivity index (χ4v) is 9.73. The molecule has 8 atom stereocenters. The minimum atomic E-state index is -0.696. The van der Waals surface area contributed by atoms with Crippen LogP contribution in [0.4, 0.5) is 4.79 Å². The molecule has 1 saturated heterocycles. The second kappa shape index (κ2) is 10.5. The topological polar surface area (TPSA) is 101 Å². The van der Waals surface area contributed by atoms with Gasteiger partial charge in [0, 0.05) is 37.7 Å². The first-order valence-corrected chi connectivity index (χ1v) is 15.3. The van der Waals surface area contributed by atoms with E-state index < -0.39 is 5.60 Å². The molecule has 0 bridgehead atoms. The summed E-state index contributed by atoms with van der Waals surface area (Å²) in [6.07, 6.45) is 10.1. The first-order valence-electron chi connectivity index (χ1n) is 15.3. The van der Waals surface area contributed by atoms with E-state index in [9.17, 15) is 14.7 Å². The monoisotopic (exact) mass is 542 g/mol. The van der Waals surface area contributed by atoms with Crippen LogP contribution in [0, 0.1) is 28.6 Å². The summed E-state index contributed by atoms with van der Waals surface area (Å²) >= 11 is 0. The van der Waals surface area contributed by atoms with Gasteiger partial charge in [-0.3, -0.25) is 4.90 Å². The van der Waals surface area contributed by atoms with E-state index in [2.05, 4.69) is 24.1 Å². The lowest BCUT2D eigenvalue weighted by Gasteiger charge is -2.63. The van der Waals surface area contributed by atoms with Crippen molar-refractivity contribution in [3.8, 4) is 0 Å². The van der Waals surface area contributed by atoms with Crippen LogP contribution < -0.4 is 10.9 Å². The number of rotatable bonds is 5. The zero-order chi connectivity index (χ0) is 27.3. The molecule has 8 nitrogen and oxygen atoms in total. The molecule has 4 aliphatic carbocycles. The smallest absolute Gasteiger partial charge is 0.407 e. The van der Waals surface area contributed by atoms with Gasteiger partial charge in [0.25, 0.3) is 0 Å². The third kappa shape index (κ3) is 4.74. The van der Waals surface area contributed by atoms with E-state index in [4.69, 9.17) is 13.9 Å². The van der Waals surface area contributed by atoms with Crippen LogP contribution in [0.3, 0.4) is 0 Å². The van der Waals surface area contributed by atoms with Crippen LogP contribution in [0.1, 0.15) is 83.1 Å². The number of nitrogens with one attached hydrogen (secondary N) is 1. The van der Waals surface area contributed by atoms with E-state index in [1.165, 1.54) is 6.07 Å². The second-order valence-electron chi connectivity index (χ2n) is 13.5. The number of aliphatic hydroxyl groups is 1. The summed E-state index contributed by atoms with van der Waals surface area (Å²) in [4.78, 5) is 26.4. The summed E-state index contributed by atoms with van der Waals surface area (Å²) in [5, 5.41) is 15.4. The number of morpholine rings is 1. The maximum absolute atomic E-state index is 12.6. The first kappa shape index (κ1) is 27.3. The van der Waals surface area contributed by atoms with Crippen molar-refractivity contribution in [3.05, 3.63) is 34.4 Å². The summed E-state index contributed by atoms with van der Waals surface area (Å²) in [5.41, 5.74) is -0.0102. The van der Waals surface area contributed by atoms with E-state index in [1.54, 1.807) is 6.26 Å². The molecule has 39 heavy (non-hydrogen) atoms. The Morgan fingerprint density at radius 3 is 2.67 bits per heavy atom. The van der Waals surface area contributed by atoms with Crippen molar-refractivity contribution in [1.82, 2.24) is 10.2 Å². The molecule has 6 rings (SSSR count). The van der Waals surface area contributed by atoms with Gasteiger partial charge in [-0.1, -0.05) is 13.8 Å². The van der Waals surface area contributed by atoms with Crippen molar-refractivity contribution in [1.29, 1.82) is 0 Å². The van der Waals surface area contributed by atoms with Crippen molar-refractivity contribution in [2.24, 2.45) is 28.6 Å². The van der Waals surface area contributed by atoms with Gasteiger partial charge >= 0.3 is 11.7 Å². The van der Waals surface area contributed by atoms with Gasteiger partial charge in [0.1, 0.15) is 6.10 Å². The molecular weight excluding hydrogens is 496 g/mol. The summed E-state index contributed by atoms with van der Waals surface area (Å²) in [5.74, 6) is 1.51. The quantitative estimate of drug-likeness (QED) is 0.572. The summed E-state index contributed by atoms with van der Waals surface area (Å²) in [6.45, 7) is 9.52. The van der Waals surface area contributed by atoms with Gasteiger partial charge in [0.2, 0.25) is 0 Å². The lowest BCUT2D eigenvalue weighted by atomic mass is 9.43. The van der Waals surface area contributed by atoms with Gasteiger partial charge in [-0.15, -0.1) is 0 Å². The molecule has 5 fully saturated rings. The Kier molecular flexibility index (Phi) is 7.34. The average Bonchev–Trinajstić information content (AvgIpc) is 3.21. The Bertz CT molecular complexity index is 1080. The highest BCUT2D eigenvalue weighted by atomic mass is 16.6. The largest absolute Gasteiger partial charge is 0.446 e. The minimum absolute atomic E-state index is 0.0245. The molecule has 0 aromatic carbocycles. The van der Waals surface area contributed by atoms with Crippen LogP contribution in [0.5, 0.6) is 0 Å². The van der Waals surface area contributed by atoms with Crippen LogP contribution >= 0.6 is 0 Å². The molecule has 2 heterocycles. The van der Waals surface area contributed by atoms with E-state index >= 15 is 0 Å². The molecule has 8 heteroatoms. The third-order valence-corrected chi connectivity index (χ3v) is 12.0. The number of hydrogen-bond acceptors (Lipinski definition) is 7. The minimum Gasteiger partial charge on any atom is -0.446 e. The standard InChI is InChI=1S/C31H46N2O6/c1-29-10-7-23(39-28(35)32-13-14-33-15-17-37-18-16-33)19-22(29)4-5-26-25(29)8-11-30(2)24(9-12-31(26,30)36)21-3-6-27(34)38-20-21/h3,6,20,22-26,36H,4-5,7-19H2,1-2H3,(H,32,35)/t22-,23+,24-,25?,26-,29+,30-,31+/m1/s1. The Labute approximate surface area is 231 Å². The Morgan fingerprint density at radius 2 is 1.90 bits per heavy atom. The van der Waals surface area contributed by atoms with Crippen molar-refractivity contribution in [2.45, 2.75) is 89.3 Å². The SMILES string of the molecule is C[C@]12CC[C@H](OC(=O)NCCN3CCOCC3)C[C@H]1CC[C@@H]1C2CC[C@]2(C)[C@@H](c3ccc(=O)oc3)CC[C@]12O. The summed E-state index contributed by atoms with van der Waals surface area (Å²) < 4.78 is 16.5. The van der Waals surface area contributed by atoms with Crippen molar-refractivity contribution < 1.29 is 23.8 Å². The number of carbonyl (C=O) groups excluding carboxylic acids is 1. The molecule has 0 spiro atoms. The van der Waals surface area contributed by atoms with Gasteiger partial charge in [-0.25, -0.2) is 9.59 Å². The normalized spacial score (nSPS) is 42.2. The van der Waals surface area contributed by atoms with Gasteiger partial charge < -0.3 is 24.3 Å². The van der Waals surface area contributed by atoms with E-state index in [0.717, 1.165) is 96.2 Å². The molecule has 216 valence electrons. The predicted octanol–water partition coefficient (Wildman–Crippen LogP) is 4.31. The van der Waals surface area contributed by atoms with Crippen LogP contribution in [0.2, 0.25) is 0 Å². The number of fused-ring (bicyclic) bond motifs is 5. The molecule has 1 unspecified atom stereocenters. The molecule has 1 amide bonds. The van der Waals surface area contributed by atoms with Crippen LogP contribution in [0.25, 0.3) is 0 Å². The molecule has 0 radical (unpaired) electrons. The number of nitrogens with zero attached hydrogens (tertiary/aromatic N) is 1. The Hall–Kier alpha value is -1.90. The third-order valence-electron chi connectivity index (χ3n) is 12.0. The number of hydrogen-bond donors (Lipinski definition) is 2. The highest BCUT2D eigenvalue weighted by Gasteiger charge is 2.67. The van der Waals surface area contributed by atoms with Crippen LogP contribution in [-0.2, 0) is 9.47 Å². The molecule has 1 aromatic rings. The Morgan fingerprint density at radius 1 is 1.08 bits per heavy atom. The maximum atomic E-state index is 12.6. The molecule has 4 saturated carbocycles. The lowest BCUT2D eigenvalue weighted by molar-refractivity contribution is -0.205. The van der Waals surface area contributed by atoms with Gasteiger partial charge in [0.05, 0.1) is 25.1 Å². The molecular formula is C31H46N2O6. The van der Waals surface area contributed by atoms with Crippen LogP contribution in [0.15, 0.2) is 27.6 Å². The first-order chi connectivity index (χ1) is 18.7. The average molecular weight is 543 g/mol. The summed E-state index contributed by atoms with van der Waals surface area (Å²) in [7, 11) is 0. The van der Waals surface area contributed by atoms with E-state index in [0.29, 0.717) is 24.3 Å². The molecule has 2 N–H and O–H groups in total. The number of alkyl carbamates (subject to hydrolysis) is 1. The zero-order valence-corrected chi connectivity index (χ0v) is 23.7. The molecule has 5 aliphatic rings. The van der Waals surface area contributed by atoms with Crippen LogP contribution in [-0.4, -0.2) is 67.2 Å². The number of ether oxygens (including phenoxy) is 2. The van der Waals surface area contributed by atoms with E-state index in [1.807, 2.05) is 6.07 Å². The van der Waals surface area contributed by atoms with Gasteiger partial charge in [-0.05, 0) is 98.5 Å². The predicted molar refractivity (Wildman–Crippen MR) is 146 cm³/mol. The maximum Gasteiger partial charge on any atom is 0.407 e. The molecule has 1 aliphatic heterocycles. The fourth-order valence-electron chi connectivity index (χ4n) is 9.73. The number of amides is 1. The molecule has 1 aromatic heterocycles. The lowest BCUT2D eigenvalue weighted by Crippen LogP contribution is -2.62. The highest BCUT2D eigenvalue weighted by Crippen LogP contribution is 2.70. The van der Waals surface area contributed by atoms with E-state index in [-0.39, 0.29) is 34.6 Å². The second-order valence-corrected chi connectivity index (χ2v) is 13.5. The summed E-state index contributed by atoms with van der Waals surface area (Å²) in [6, 6.07) is 3.41. The van der Waals surface area contributed by atoms with Crippen molar-refractivity contribution in [3.63, 3.8) is 0 Å². The highest BCUT2D eigenvalue weighted by molar-refractivity contribution is 5.67. The Balaban J connectivity index is 1.07.